The van der Waals surface area contributed by atoms with Crippen molar-refractivity contribution in [3.05, 3.63) is 89.2 Å². The maximum absolute atomic E-state index is 12.3. The molecule has 4 heteroatoms. The van der Waals surface area contributed by atoms with Gasteiger partial charge in [-0.15, -0.1) is 0 Å². The van der Waals surface area contributed by atoms with Gasteiger partial charge >= 0.3 is 5.97 Å². The molecule has 0 amide bonds. The van der Waals surface area contributed by atoms with Crippen LogP contribution in [0.15, 0.2) is 71.3 Å². The van der Waals surface area contributed by atoms with Gasteiger partial charge in [-0.05, 0) is 78.6 Å². The minimum Gasteiger partial charge on any atom is -0.489 e. The van der Waals surface area contributed by atoms with Crippen molar-refractivity contribution >= 4 is 16.9 Å². The molecule has 4 aromatic rings. The number of furan rings is 1. The van der Waals surface area contributed by atoms with Gasteiger partial charge in [-0.2, -0.15) is 0 Å². The molecule has 0 spiro atoms. The second-order valence-electron chi connectivity index (χ2n) is 9.66. The van der Waals surface area contributed by atoms with E-state index >= 15 is 0 Å². The van der Waals surface area contributed by atoms with Crippen LogP contribution in [0.25, 0.3) is 22.1 Å². The van der Waals surface area contributed by atoms with Crippen LogP contribution in [0, 0.1) is 0 Å². The van der Waals surface area contributed by atoms with Crippen LogP contribution in [-0.4, -0.2) is 12.6 Å². The van der Waals surface area contributed by atoms with Gasteiger partial charge in [-0.1, -0.05) is 56.2 Å². The number of carbonyl (C=O) groups is 1. The normalized spacial score (nSPS) is 13.8. The van der Waals surface area contributed by atoms with Gasteiger partial charge in [0.15, 0.2) is 0 Å². The van der Waals surface area contributed by atoms with Crippen LogP contribution >= 0.6 is 0 Å². The van der Waals surface area contributed by atoms with Crippen molar-refractivity contribution in [2.24, 2.45) is 0 Å². The molecule has 0 saturated heterocycles. The lowest BCUT2D eigenvalue weighted by atomic mass is 9.95. The van der Waals surface area contributed by atoms with E-state index in [4.69, 9.17) is 13.9 Å². The maximum Gasteiger partial charge on any atom is 0.310 e. The largest absolute Gasteiger partial charge is 0.489 e. The second kappa shape index (κ2) is 11.0. The Bertz CT molecular complexity index is 1340. The number of carbonyl (C=O) groups excluding carboxylic acids is 1. The van der Waals surface area contributed by atoms with E-state index in [0.29, 0.717) is 19.1 Å². The lowest BCUT2D eigenvalue weighted by Gasteiger charge is -2.16. The Hall–Kier alpha value is -3.53. The van der Waals surface area contributed by atoms with Gasteiger partial charge in [0, 0.05) is 16.5 Å². The Morgan fingerprint density at radius 3 is 2.64 bits per heavy atom. The van der Waals surface area contributed by atoms with E-state index < -0.39 is 0 Å². The number of ether oxygens (including phenoxy) is 2. The minimum absolute atomic E-state index is 0.212. The van der Waals surface area contributed by atoms with Crippen molar-refractivity contribution in [3.8, 4) is 16.9 Å². The SMILES string of the molecule is CCOC(=O)Cc1ccc(C2CCCC2)cc1OCc1cc(-c2cccc(CC)c2)c2occc2c1. The molecule has 0 bridgehead atoms. The molecule has 3 aromatic carbocycles. The van der Waals surface area contributed by atoms with Crippen LogP contribution < -0.4 is 4.74 Å². The predicted molar refractivity (Wildman–Crippen MR) is 143 cm³/mol. The van der Waals surface area contributed by atoms with Crippen molar-refractivity contribution in [1.82, 2.24) is 0 Å². The van der Waals surface area contributed by atoms with E-state index in [1.165, 1.54) is 36.8 Å². The summed E-state index contributed by atoms with van der Waals surface area (Å²) >= 11 is 0. The molecule has 0 unspecified atom stereocenters. The van der Waals surface area contributed by atoms with Gasteiger partial charge in [-0.3, -0.25) is 4.79 Å². The summed E-state index contributed by atoms with van der Waals surface area (Å²) in [4.78, 5) is 12.3. The molecular weight excluding hydrogens is 448 g/mol. The zero-order valence-electron chi connectivity index (χ0n) is 21.2. The monoisotopic (exact) mass is 482 g/mol. The fraction of sp³-hybridized carbons (Fsp3) is 0.344. The third kappa shape index (κ3) is 5.33. The maximum atomic E-state index is 12.3. The lowest BCUT2D eigenvalue weighted by molar-refractivity contribution is -0.142. The quantitative estimate of drug-likeness (QED) is 0.227. The Kier molecular flexibility index (Phi) is 7.41. The number of benzene rings is 3. The highest BCUT2D eigenvalue weighted by Gasteiger charge is 2.20. The van der Waals surface area contributed by atoms with Gasteiger partial charge < -0.3 is 13.9 Å². The summed E-state index contributed by atoms with van der Waals surface area (Å²) < 4.78 is 17.5. The Morgan fingerprint density at radius 2 is 1.83 bits per heavy atom. The van der Waals surface area contributed by atoms with Crippen LogP contribution in [0.2, 0.25) is 0 Å². The molecular formula is C32H34O4. The molecule has 36 heavy (non-hydrogen) atoms. The average molecular weight is 483 g/mol. The van der Waals surface area contributed by atoms with E-state index in [9.17, 15) is 4.79 Å². The Morgan fingerprint density at radius 1 is 0.972 bits per heavy atom. The Labute approximate surface area is 213 Å². The number of aryl methyl sites for hydroxylation is 1. The number of hydrogen-bond donors (Lipinski definition) is 0. The molecule has 186 valence electrons. The molecule has 1 heterocycles. The topological polar surface area (TPSA) is 48.7 Å². The van der Waals surface area contributed by atoms with Gasteiger partial charge in [0.25, 0.3) is 0 Å². The fourth-order valence-electron chi connectivity index (χ4n) is 5.29. The number of fused-ring (bicyclic) bond motifs is 1. The van der Waals surface area contributed by atoms with Gasteiger partial charge in [0.1, 0.15) is 17.9 Å². The predicted octanol–water partition coefficient (Wildman–Crippen LogP) is 8.00. The molecule has 1 aromatic heterocycles. The van der Waals surface area contributed by atoms with Gasteiger partial charge in [0.05, 0.1) is 19.3 Å². The zero-order valence-corrected chi connectivity index (χ0v) is 21.2. The molecule has 0 N–H and O–H groups in total. The molecule has 1 aliphatic rings. The summed E-state index contributed by atoms with van der Waals surface area (Å²) in [5, 5.41) is 1.06. The molecule has 0 aliphatic heterocycles. The van der Waals surface area contributed by atoms with Crippen molar-refractivity contribution in [2.75, 3.05) is 6.61 Å². The fourth-order valence-corrected chi connectivity index (χ4v) is 5.29. The molecule has 0 radical (unpaired) electrons. The molecule has 1 saturated carbocycles. The first-order chi connectivity index (χ1) is 17.6. The summed E-state index contributed by atoms with van der Waals surface area (Å²) in [6.45, 7) is 4.78. The first kappa shape index (κ1) is 24.2. The molecule has 0 atom stereocenters. The first-order valence-electron chi connectivity index (χ1n) is 13.1. The Balaban J connectivity index is 1.45. The summed E-state index contributed by atoms with van der Waals surface area (Å²) in [5.41, 5.74) is 7.63. The van der Waals surface area contributed by atoms with Crippen molar-refractivity contribution < 1.29 is 18.7 Å². The summed E-state index contributed by atoms with van der Waals surface area (Å²) in [6, 6.07) is 21.2. The highest BCUT2D eigenvalue weighted by molar-refractivity contribution is 5.93. The highest BCUT2D eigenvalue weighted by Crippen LogP contribution is 2.37. The molecule has 4 nitrogen and oxygen atoms in total. The minimum atomic E-state index is -0.228. The first-order valence-corrected chi connectivity index (χ1v) is 13.1. The zero-order chi connectivity index (χ0) is 24.9. The molecule has 1 fully saturated rings. The van der Waals surface area contributed by atoms with Crippen LogP contribution in [-0.2, 0) is 29.0 Å². The van der Waals surface area contributed by atoms with Gasteiger partial charge in [-0.25, -0.2) is 0 Å². The van der Waals surface area contributed by atoms with Crippen LogP contribution in [0.1, 0.15) is 67.7 Å². The standard InChI is InChI=1S/C32H34O4/c1-3-22-8-7-11-26(16-22)29-18-23(17-28-14-15-35-32(28)29)21-36-30-19-25(24-9-5-6-10-24)12-13-27(30)20-31(33)34-4-2/h7-8,11-19,24H,3-6,9-10,20-21H2,1-2H3. The number of hydrogen-bond acceptors (Lipinski definition) is 4. The van der Waals surface area contributed by atoms with E-state index in [2.05, 4.69) is 55.5 Å². The van der Waals surface area contributed by atoms with Crippen molar-refractivity contribution in [3.63, 3.8) is 0 Å². The summed E-state index contributed by atoms with van der Waals surface area (Å²) in [5.74, 6) is 1.12. The van der Waals surface area contributed by atoms with E-state index in [1.54, 1.807) is 6.26 Å². The van der Waals surface area contributed by atoms with Crippen LogP contribution in [0.4, 0.5) is 0 Å². The smallest absolute Gasteiger partial charge is 0.310 e. The lowest BCUT2D eigenvalue weighted by Crippen LogP contribution is -2.10. The van der Waals surface area contributed by atoms with E-state index in [1.807, 2.05) is 19.1 Å². The third-order valence-corrected chi connectivity index (χ3v) is 7.21. The van der Waals surface area contributed by atoms with Crippen LogP contribution in [0.5, 0.6) is 5.75 Å². The molecule has 5 rings (SSSR count). The third-order valence-electron chi connectivity index (χ3n) is 7.21. The molecule has 1 aliphatic carbocycles. The second-order valence-corrected chi connectivity index (χ2v) is 9.66. The average Bonchev–Trinajstić information content (AvgIpc) is 3.60. The van der Waals surface area contributed by atoms with Crippen molar-refractivity contribution in [1.29, 1.82) is 0 Å². The highest BCUT2D eigenvalue weighted by atomic mass is 16.5. The number of esters is 1. The van der Waals surface area contributed by atoms with E-state index in [0.717, 1.165) is 45.4 Å². The number of rotatable bonds is 9. The summed E-state index contributed by atoms with van der Waals surface area (Å²) in [6.07, 6.45) is 7.92. The van der Waals surface area contributed by atoms with Crippen LogP contribution in [0.3, 0.4) is 0 Å². The van der Waals surface area contributed by atoms with Crippen molar-refractivity contribution in [2.45, 2.75) is 64.9 Å². The summed E-state index contributed by atoms with van der Waals surface area (Å²) in [7, 11) is 0. The van der Waals surface area contributed by atoms with E-state index in [-0.39, 0.29) is 12.4 Å². The van der Waals surface area contributed by atoms with Gasteiger partial charge in [0.2, 0.25) is 0 Å².